The number of amides is 1. The van der Waals surface area contributed by atoms with E-state index in [0.29, 0.717) is 18.0 Å². The fraction of sp³-hybridized carbons (Fsp3) is 0.462. The van der Waals surface area contributed by atoms with Crippen LogP contribution in [0.25, 0.3) is 0 Å². The van der Waals surface area contributed by atoms with Gasteiger partial charge in [-0.3, -0.25) is 4.79 Å². The van der Waals surface area contributed by atoms with Crippen molar-refractivity contribution >= 4 is 29.9 Å². The molecule has 3 nitrogen and oxygen atoms in total. The molecule has 1 rings (SSSR count). The van der Waals surface area contributed by atoms with Crippen LogP contribution in [0, 0.1) is 0 Å². The molecular formula is C13H20Cl2N2O. The van der Waals surface area contributed by atoms with E-state index < -0.39 is 0 Å². The molecule has 1 unspecified atom stereocenters. The summed E-state index contributed by atoms with van der Waals surface area (Å²) in [6, 6.07) is 7.62. The number of hydrogen-bond donors (Lipinski definition) is 2. The first-order valence-electron chi connectivity index (χ1n) is 5.92. The van der Waals surface area contributed by atoms with Crippen LogP contribution in [0.5, 0.6) is 0 Å². The minimum atomic E-state index is 0. The van der Waals surface area contributed by atoms with Gasteiger partial charge in [0.2, 0.25) is 5.91 Å². The Kier molecular flexibility index (Phi) is 8.81. The Morgan fingerprint density at radius 2 is 2.00 bits per heavy atom. The molecule has 0 fully saturated rings. The van der Waals surface area contributed by atoms with Crippen molar-refractivity contribution in [3.8, 4) is 0 Å². The molecule has 1 aromatic carbocycles. The highest BCUT2D eigenvalue weighted by atomic mass is 35.5. The van der Waals surface area contributed by atoms with Gasteiger partial charge in [0.1, 0.15) is 0 Å². The third-order valence-corrected chi connectivity index (χ3v) is 2.88. The maximum Gasteiger partial charge on any atom is 0.220 e. The lowest BCUT2D eigenvalue weighted by Gasteiger charge is -2.17. The van der Waals surface area contributed by atoms with Gasteiger partial charge in [0, 0.05) is 11.4 Å². The van der Waals surface area contributed by atoms with E-state index in [-0.39, 0.29) is 24.4 Å². The molecular weight excluding hydrogens is 271 g/mol. The van der Waals surface area contributed by atoms with Crippen LogP contribution >= 0.6 is 24.0 Å². The van der Waals surface area contributed by atoms with Gasteiger partial charge >= 0.3 is 0 Å². The number of carbonyl (C=O) groups excluding carboxylic acids is 1. The molecule has 18 heavy (non-hydrogen) atoms. The Hall–Kier alpha value is -0.770. The fourth-order valence-corrected chi connectivity index (χ4v) is 1.77. The first kappa shape index (κ1) is 17.2. The van der Waals surface area contributed by atoms with E-state index in [1.54, 1.807) is 0 Å². The largest absolute Gasteiger partial charge is 0.349 e. The number of nitrogens with one attached hydrogen (secondary N) is 1. The molecule has 102 valence electrons. The van der Waals surface area contributed by atoms with Crippen molar-refractivity contribution in [3.63, 3.8) is 0 Å². The SMILES string of the molecule is CCC(NC(=O)CCCN)c1ccc(Cl)cc1.Cl. The first-order chi connectivity index (χ1) is 8.17. The van der Waals surface area contributed by atoms with Crippen LogP contribution in [0.2, 0.25) is 5.02 Å². The molecule has 1 atom stereocenters. The predicted octanol–water partition coefficient (Wildman–Crippen LogP) is 3.07. The van der Waals surface area contributed by atoms with E-state index in [4.69, 9.17) is 17.3 Å². The van der Waals surface area contributed by atoms with Crippen LogP contribution in [0.4, 0.5) is 0 Å². The summed E-state index contributed by atoms with van der Waals surface area (Å²) in [6.45, 7) is 2.59. The van der Waals surface area contributed by atoms with E-state index >= 15 is 0 Å². The Morgan fingerprint density at radius 1 is 1.39 bits per heavy atom. The average molecular weight is 291 g/mol. The molecule has 3 N–H and O–H groups in total. The molecule has 0 saturated carbocycles. The van der Waals surface area contributed by atoms with Crippen molar-refractivity contribution in [3.05, 3.63) is 34.9 Å². The summed E-state index contributed by atoms with van der Waals surface area (Å²) in [5.74, 6) is 0.0530. The van der Waals surface area contributed by atoms with Gasteiger partial charge in [0.25, 0.3) is 0 Å². The zero-order valence-electron chi connectivity index (χ0n) is 10.5. The van der Waals surface area contributed by atoms with E-state index in [1.807, 2.05) is 31.2 Å². The normalized spacial score (nSPS) is 11.5. The number of halogens is 2. The number of rotatable bonds is 6. The summed E-state index contributed by atoms with van der Waals surface area (Å²) in [7, 11) is 0. The number of carbonyl (C=O) groups is 1. The van der Waals surface area contributed by atoms with E-state index in [0.717, 1.165) is 18.4 Å². The van der Waals surface area contributed by atoms with Gasteiger partial charge in [-0.15, -0.1) is 12.4 Å². The van der Waals surface area contributed by atoms with Gasteiger partial charge < -0.3 is 11.1 Å². The van der Waals surface area contributed by atoms with Gasteiger partial charge in [-0.25, -0.2) is 0 Å². The second-order valence-corrected chi connectivity index (χ2v) is 4.41. The van der Waals surface area contributed by atoms with Gasteiger partial charge in [0.15, 0.2) is 0 Å². The lowest BCUT2D eigenvalue weighted by molar-refractivity contribution is -0.121. The summed E-state index contributed by atoms with van der Waals surface area (Å²) in [5, 5.41) is 3.71. The van der Waals surface area contributed by atoms with Crippen molar-refractivity contribution in [1.29, 1.82) is 0 Å². The monoisotopic (exact) mass is 290 g/mol. The standard InChI is InChI=1S/C13H19ClN2O.ClH/c1-2-12(16-13(17)4-3-9-15)10-5-7-11(14)8-6-10;/h5-8,12H,2-4,9,15H2,1H3,(H,16,17);1H. The first-order valence-corrected chi connectivity index (χ1v) is 6.30. The minimum absolute atomic E-state index is 0. The van der Waals surface area contributed by atoms with Gasteiger partial charge in [-0.1, -0.05) is 30.7 Å². The maximum atomic E-state index is 11.6. The molecule has 0 radical (unpaired) electrons. The van der Waals surface area contributed by atoms with E-state index in [1.165, 1.54) is 0 Å². The highest BCUT2D eigenvalue weighted by Gasteiger charge is 2.11. The van der Waals surface area contributed by atoms with Gasteiger partial charge in [-0.05, 0) is 37.1 Å². The Labute approximate surface area is 119 Å². The Balaban J connectivity index is 0.00000289. The van der Waals surface area contributed by atoms with Crippen LogP contribution in [0.15, 0.2) is 24.3 Å². The average Bonchev–Trinajstić information content (AvgIpc) is 2.34. The lowest BCUT2D eigenvalue weighted by Crippen LogP contribution is -2.28. The zero-order valence-corrected chi connectivity index (χ0v) is 12.1. The second-order valence-electron chi connectivity index (χ2n) is 3.97. The van der Waals surface area contributed by atoms with Crippen molar-refractivity contribution in [1.82, 2.24) is 5.32 Å². The smallest absolute Gasteiger partial charge is 0.220 e. The third kappa shape index (κ3) is 5.71. The highest BCUT2D eigenvalue weighted by Crippen LogP contribution is 2.19. The van der Waals surface area contributed by atoms with Gasteiger partial charge in [-0.2, -0.15) is 0 Å². The van der Waals surface area contributed by atoms with Crippen LogP contribution in [0.1, 0.15) is 37.8 Å². The number of nitrogens with two attached hydrogens (primary N) is 1. The van der Waals surface area contributed by atoms with Gasteiger partial charge in [0.05, 0.1) is 6.04 Å². The van der Waals surface area contributed by atoms with E-state index in [2.05, 4.69) is 5.32 Å². The minimum Gasteiger partial charge on any atom is -0.349 e. The Morgan fingerprint density at radius 3 is 2.50 bits per heavy atom. The summed E-state index contributed by atoms with van der Waals surface area (Å²) < 4.78 is 0. The van der Waals surface area contributed by atoms with E-state index in [9.17, 15) is 4.79 Å². The van der Waals surface area contributed by atoms with Crippen LogP contribution in [-0.4, -0.2) is 12.5 Å². The van der Waals surface area contributed by atoms with Crippen molar-refractivity contribution in [2.45, 2.75) is 32.2 Å². The molecule has 1 amide bonds. The van der Waals surface area contributed by atoms with Crippen molar-refractivity contribution < 1.29 is 4.79 Å². The second kappa shape index (κ2) is 9.20. The molecule has 5 heteroatoms. The summed E-state index contributed by atoms with van der Waals surface area (Å²) >= 11 is 5.83. The van der Waals surface area contributed by atoms with Crippen LogP contribution < -0.4 is 11.1 Å². The molecule has 0 aliphatic heterocycles. The molecule has 0 aliphatic rings. The van der Waals surface area contributed by atoms with Crippen LogP contribution in [0.3, 0.4) is 0 Å². The number of benzene rings is 1. The molecule has 0 aromatic heterocycles. The molecule has 1 aromatic rings. The fourth-order valence-electron chi connectivity index (χ4n) is 1.65. The molecule has 0 bridgehead atoms. The quantitative estimate of drug-likeness (QED) is 0.846. The summed E-state index contributed by atoms with van der Waals surface area (Å²) in [4.78, 5) is 11.6. The summed E-state index contributed by atoms with van der Waals surface area (Å²) in [5.41, 5.74) is 6.45. The van der Waals surface area contributed by atoms with Crippen molar-refractivity contribution in [2.75, 3.05) is 6.54 Å². The predicted molar refractivity (Wildman–Crippen MR) is 78.2 cm³/mol. The molecule has 0 aliphatic carbocycles. The topological polar surface area (TPSA) is 55.1 Å². The number of hydrogen-bond acceptors (Lipinski definition) is 2. The molecule has 0 heterocycles. The van der Waals surface area contributed by atoms with Crippen LogP contribution in [-0.2, 0) is 4.79 Å². The van der Waals surface area contributed by atoms with Crippen molar-refractivity contribution in [2.24, 2.45) is 5.73 Å². The lowest BCUT2D eigenvalue weighted by atomic mass is 10.0. The highest BCUT2D eigenvalue weighted by molar-refractivity contribution is 6.30. The molecule has 0 spiro atoms. The Bertz CT molecular complexity index is 355. The maximum absolute atomic E-state index is 11.6. The zero-order chi connectivity index (χ0) is 12.7. The third-order valence-electron chi connectivity index (χ3n) is 2.62. The summed E-state index contributed by atoms with van der Waals surface area (Å²) in [6.07, 6.45) is 2.07. The molecule has 0 saturated heterocycles.